The van der Waals surface area contributed by atoms with Gasteiger partial charge in [0.2, 0.25) is 0 Å². The van der Waals surface area contributed by atoms with E-state index in [0.717, 1.165) is 13.2 Å². The highest BCUT2D eigenvalue weighted by molar-refractivity contribution is 4.76. The molecule has 0 aromatic carbocycles. The second-order valence-corrected chi connectivity index (χ2v) is 6.00. The first-order valence-corrected chi connectivity index (χ1v) is 7.18. The van der Waals surface area contributed by atoms with Crippen molar-refractivity contribution in [3.63, 3.8) is 0 Å². The summed E-state index contributed by atoms with van der Waals surface area (Å²) in [4.78, 5) is 2.27. The van der Waals surface area contributed by atoms with Crippen LogP contribution in [0, 0.1) is 5.41 Å². The van der Waals surface area contributed by atoms with Crippen LogP contribution in [-0.4, -0.2) is 39.3 Å². The molecule has 1 atom stereocenters. The lowest BCUT2D eigenvalue weighted by molar-refractivity contribution is 0.0620. The summed E-state index contributed by atoms with van der Waals surface area (Å²) in [5, 5.41) is 0. The molecule has 0 rings (SSSR count). The van der Waals surface area contributed by atoms with Crippen molar-refractivity contribution < 1.29 is 4.74 Å². The fourth-order valence-corrected chi connectivity index (χ4v) is 2.64. The minimum absolute atomic E-state index is 0.322. The molecule has 2 heteroatoms. The molecular weight excluding hydrogens is 210 g/mol. The molecule has 104 valence electrons. The number of rotatable bonds is 11. The summed E-state index contributed by atoms with van der Waals surface area (Å²) in [7, 11) is 6.11. The van der Waals surface area contributed by atoms with Crippen molar-refractivity contribution in [2.75, 3.05) is 34.4 Å². The molecule has 0 aliphatic rings. The fourth-order valence-electron chi connectivity index (χ4n) is 2.64. The smallest absolute Gasteiger partial charge is 0.0528 e. The van der Waals surface area contributed by atoms with Gasteiger partial charge < -0.3 is 9.64 Å². The maximum absolute atomic E-state index is 5.38. The van der Waals surface area contributed by atoms with Gasteiger partial charge in [0, 0.05) is 19.1 Å². The number of unbranched alkanes of at least 4 members (excludes halogenated alkanes) is 5. The van der Waals surface area contributed by atoms with E-state index in [0.29, 0.717) is 5.41 Å². The van der Waals surface area contributed by atoms with Gasteiger partial charge >= 0.3 is 0 Å². The van der Waals surface area contributed by atoms with E-state index >= 15 is 0 Å². The Bertz CT molecular complexity index is 170. The quantitative estimate of drug-likeness (QED) is 0.509. The Morgan fingerprint density at radius 1 is 1.00 bits per heavy atom. The summed E-state index contributed by atoms with van der Waals surface area (Å²) in [6, 6.07) is 0. The van der Waals surface area contributed by atoms with E-state index in [1.165, 1.54) is 44.9 Å². The monoisotopic (exact) mass is 243 g/mol. The molecule has 0 aliphatic heterocycles. The SMILES string of the molecule is CCCCCCCCC(C)(COC)CN(C)C. The zero-order chi connectivity index (χ0) is 13.1. The number of ether oxygens (including phenoxy) is 1. The predicted molar refractivity (Wildman–Crippen MR) is 76.5 cm³/mol. The van der Waals surface area contributed by atoms with Gasteiger partial charge in [0.05, 0.1) is 6.61 Å². The standard InChI is InChI=1S/C15H33NO/c1-6-7-8-9-10-11-12-15(2,14-17-5)13-16(3)4/h6-14H2,1-5H3. The van der Waals surface area contributed by atoms with E-state index < -0.39 is 0 Å². The second kappa shape index (κ2) is 9.90. The lowest BCUT2D eigenvalue weighted by Gasteiger charge is -2.31. The molecule has 0 aliphatic carbocycles. The van der Waals surface area contributed by atoms with Crippen LogP contribution in [0.25, 0.3) is 0 Å². The third-order valence-corrected chi connectivity index (χ3v) is 3.32. The van der Waals surface area contributed by atoms with Crippen LogP contribution in [0.15, 0.2) is 0 Å². The van der Waals surface area contributed by atoms with E-state index in [1.54, 1.807) is 0 Å². The van der Waals surface area contributed by atoms with Gasteiger partial charge in [-0.3, -0.25) is 0 Å². The van der Waals surface area contributed by atoms with Gasteiger partial charge in [0.1, 0.15) is 0 Å². The molecule has 0 bridgehead atoms. The fraction of sp³-hybridized carbons (Fsp3) is 1.00. The van der Waals surface area contributed by atoms with Gasteiger partial charge in [-0.25, -0.2) is 0 Å². The molecule has 2 nitrogen and oxygen atoms in total. The lowest BCUT2D eigenvalue weighted by atomic mass is 9.85. The number of methoxy groups -OCH3 is 1. The minimum atomic E-state index is 0.322. The molecule has 0 spiro atoms. The number of hydrogen-bond donors (Lipinski definition) is 0. The van der Waals surface area contributed by atoms with Crippen LogP contribution in [0.4, 0.5) is 0 Å². The van der Waals surface area contributed by atoms with Gasteiger partial charge in [0.25, 0.3) is 0 Å². The Morgan fingerprint density at radius 3 is 2.12 bits per heavy atom. The van der Waals surface area contributed by atoms with E-state index in [-0.39, 0.29) is 0 Å². The number of nitrogens with zero attached hydrogens (tertiary/aromatic N) is 1. The average Bonchev–Trinajstić information content (AvgIpc) is 2.22. The maximum atomic E-state index is 5.38. The number of hydrogen-bond acceptors (Lipinski definition) is 2. The van der Waals surface area contributed by atoms with Crippen LogP contribution in [-0.2, 0) is 4.74 Å². The van der Waals surface area contributed by atoms with Gasteiger partial charge in [-0.1, -0.05) is 52.4 Å². The highest BCUT2D eigenvalue weighted by Gasteiger charge is 2.24. The van der Waals surface area contributed by atoms with Crippen LogP contribution in [0.3, 0.4) is 0 Å². The van der Waals surface area contributed by atoms with Gasteiger partial charge in [0.15, 0.2) is 0 Å². The minimum Gasteiger partial charge on any atom is -0.384 e. The first-order chi connectivity index (χ1) is 8.04. The first kappa shape index (κ1) is 16.9. The molecule has 0 heterocycles. The van der Waals surface area contributed by atoms with Crippen molar-refractivity contribution in [3.8, 4) is 0 Å². The van der Waals surface area contributed by atoms with Crippen molar-refractivity contribution >= 4 is 0 Å². The maximum Gasteiger partial charge on any atom is 0.0528 e. The predicted octanol–water partition coefficient (Wildman–Crippen LogP) is 3.95. The van der Waals surface area contributed by atoms with Gasteiger partial charge in [-0.15, -0.1) is 0 Å². The second-order valence-electron chi connectivity index (χ2n) is 6.00. The molecule has 0 saturated carbocycles. The van der Waals surface area contributed by atoms with E-state index in [9.17, 15) is 0 Å². The van der Waals surface area contributed by atoms with E-state index in [1.807, 2.05) is 7.11 Å². The van der Waals surface area contributed by atoms with Crippen LogP contribution >= 0.6 is 0 Å². The molecule has 0 radical (unpaired) electrons. The Kier molecular flexibility index (Phi) is 9.85. The average molecular weight is 243 g/mol. The molecule has 0 N–H and O–H groups in total. The Hall–Kier alpha value is -0.0800. The molecule has 17 heavy (non-hydrogen) atoms. The Morgan fingerprint density at radius 2 is 1.59 bits per heavy atom. The highest BCUT2D eigenvalue weighted by Crippen LogP contribution is 2.26. The summed E-state index contributed by atoms with van der Waals surface area (Å²) in [6.45, 7) is 6.62. The largest absolute Gasteiger partial charge is 0.384 e. The molecular formula is C15H33NO. The normalized spacial score (nSPS) is 15.2. The summed E-state index contributed by atoms with van der Waals surface area (Å²) >= 11 is 0. The van der Waals surface area contributed by atoms with Crippen molar-refractivity contribution in [2.45, 2.75) is 58.8 Å². The van der Waals surface area contributed by atoms with Gasteiger partial charge in [-0.05, 0) is 20.5 Å². The van der Waals surface area contributed by atoms with Crippen molar-refractivity contribution in [1.29, 1.82) is 0 Å². The summed E-state index contributed by atoms with van der Waals surface area (Å²) in [6.07, 6.45) is 9.55. The van der Waals surface area contributed by atoms with Crippen LogP contribution in [0.1, 0.15) is 58.8 Å². The third kappa shape index (κ3) is 9.61. The summed E-state index contributed by atoms with van der Waals surface area (Å²) in [5.41, 5.74) is 0.322. The Labute approximate surface area is 109 Å². The first-order valence-electron chi connectivity index (χ1n) is 7.18. The zero-order valence-corrected chi connectivity index (χ0v) is 12.7. The van der Waals surface area contributed by atoms with E-state index in [2.05, 4.69) is 32.8 Å². The van der Waals surface area contributed by atoms with Gasteiger partial charge in [-0.2, -0.15) is 0 Å². The van der Waals surface area contributed by atoms with Crippen molar-refractivity contribution in [1.82, 2.24) is 4.90 Å². The lowest BCUT2D eigenvalue weighted by Crippen LogP contribution is -2.35. The molecule has 0 aromatic heterocycles. The molecule has 0 fully saturated rings. The molecule has 1 unspecified atom stereocenters. The molecule has 0 saturated heterocycles. The highest BCUT2D eigenvalue weighted by atomic mass is 16.5. The van der Waals surface area contributed by atoms with Crippen LogP contribution in [0.5, 0.6) is 0 Å². The Balaban J connectivity index is 3.76. The topological polar surface area (TPSA) is 12.5 Å². The van der Waals surface area contributed by atoms with Crippen LogP contribution in [0.2, 0.25) is 0 Å². The molecule has 0 amide bonds. The van der Waals surface area contributed by atoms with E-state index in [4.69, 9.17) is 4.74 Å². The summed E-state index contributed by atoms with van der Waals surface area (Å²) < 4.78 is 5.38. The van der Waals surface area contributed by atoms with Crippen LogP contribution < -0.4 is 0 Å². The zero-order valence-electron chi connectivity index (χ0n) is 12.7. The molecule has 0 aromatic rings. The third-order valence-electron chi connectivity index (χ3n) is 3.32. The van der Waals surface area contributed by atoms with Crippen molar-refractivity contribution in [3.05, 3.63) is 0 Å². The van der Waals surface area contributed by atoms with Crippen molar-refractivity contribution in [2.24, 2.45) is 5.41 Å². The summed E-state index contributed by atoms with van der Waals surface area (Å²) in [5.74, 6) is 0.